The Morgan fingerprint density at radius 2 is 1.82 bits per heavy atom. The number of likely N-dealkylation sites (tertiary alicyclic amines) is 1. The topological polar surface area (TPSA) is 41.6 Å². The van der Waals surface area contributed by atoms with E-state index >= 15 is 0 Å². The van der Waals surface area contributed by atoms with Gasteiger partial charge in [0.1, 0.15) is 5.82 Å². The molecule has 0 atom stereocenters. The lowest BCUT2D eigenvalue weighted by Gasteiger charge is -2.27. The van der Waals surface area contributed by atoms with Crippen molar-refractivity contribution in [2.45, 2.75) is 25.8 Å². The van der Waals surface area contributed by atoms with Crippen LogP contribution in [0.15, 0.2) is 29.3 Å². The summed E-state index contributed by atoms with van der Waals surface area (Å²) in [5, 5.41) is 0. The molecule has 0 bridgehead atoms. The van der Waals surface area contributed by atoms with Crippen molar-refractivity contribution in [1.29, 1.82) is 0 Å². The minimum atomic E-state index is -0.221. The highest BCUT2D eigenvalue weighted by Crippen LogP contribution is 2.09. The zero-order valence-electron chi connectivity index (χ0n) is 9.90. The normalized spacial score (nSPS) is 17.2. The predicted octanol–water partition coefficient (Wildman–Crippen LogP) is 2.13. The monoisotopic (exact) mass is 235 g/mol. The number of halogens is 1. The van der Waals surface area contributed by atoms with E-state index in [4.69, 9.17) is 5.73 Å². The molecule has 1 fully saturated rings. The van der Waals surface area contributed by atoms with Gasteiger partial charge >= 0.3 is 0 Å². The molecule has 2 rings (SSSR count). The largest absolute Gasteiger partial charge is 0.370 e. The zero-order chi connectivity index (χ0) is 12.1. The summed E-state index contributed by atoms with van der Waals surface area (Å²) >= 11 is 0. The Labute approximate surface area is 101 Å². The van der Waals surface area contributed by atoms with Crippen LogP contribution in [0.4, 0.5) is 4.39 Å². The molecule has 0 aromatic heterocycles. The summed E-state index contributed by atoms with van der Waals surface area (Å²) in [5.41, 5.74) is 6.91. The summed E-state index contributed by atoms with van der Waals surface area (Å²) in [7, 11) is 0. The smallest absolute Gasteiger partial charge is 0.191 e. The van der Waals surface area contributed by atoms with Crippen molar-refractivity contribution in [3.63, 3.8) is 0 Å². The second-order valence-corrected chi connectivity index (χ2v) is 4.35. The first kappa shape index (κ1) is 11.9. The van der Waals surface area contributed by atoms with E-state index in [9.17, 15) is 4.39 Å². The molecule has 0 aliphatic carbocycles. The van der Waals surface area contributed by atoms with E-state index in [0.29, 0.717) is 12.5 Å². The molecular weight excluding hydrogens is 217 g/mol. The molecule has 1 heterocycles. The second-order valence-electron chi connectivity index (χ2n) is 4.35. The first-order chi connectivity index (χ1) is 8.25. The van der Waals surface area contributed by atoms with Gasteiger partial charge in [-0.25, -0.2) is 9.38 Å². The number of hydrogen-bond donors (Lipinski definition) is 1. The van der Waals surface area contributed by atoms with Crippen LogP contribution in [0.3, 0.4) is 0 Å². The molecule has 2 N–H and O–H groups in total. The van der Waals surface area contributed by atoms with Crippen LogP contribution in [0, 0.1) is 5.82 Å². The van der Waals surface area contributed by atoms with Gasteiger partial charge < -0.3 is 10.6 Å². The molecule has 0 spiro atoms. The van der Waals surface area contributed by atoms with Gasteiger partial charge in [0, 0.05) is 13.1 Å². The SMILES string of the molecule is NC(=NCc1ccc(F)cc1)N1CCCCC1. The zero-order valence-corrected chi connectivity index (χ0v) is 9.90. The number of piperidine rings is 1. The lowest BCUT2D eigenvalue weighted by atomic mass is 10.1. The van der Waals surface area contributed by atoms with Crippen LogP contribution in [0.25, 0.3) is 0 Å². The lowest BCUT2D eigenvalue weighted by molar-refractivity contribution is 0.338. The molecule has 1 aliphatic rings. The van der Waals surface area contributed by atoms with Crippen molar-refractivity contribution < 1.29 is 4.39 Å². The number of benzene rings is 1. The number of guanidine groups is 1. The van der Waals surface area contributed by atoms with Gasteiger partial charge in [0.2, 0.25) is 0 Å². The van der Waals surface area contributed by atoms with Crippen LogP contribution in [-0.4, -0.2) is 23.9 Å². The van der Waals surface area contributed by atoms with E-state index in [2.05, 4.69) is 9.89 Å². The number of aliphatic imine (C=N–C) groups is 1. The highest BCUT2D eigenvalue weighted by Gasteiger charge is 2.11. The molecule has 0 unspecified atom stereocenters. The number of hydrogen-bond acceptors (Lipinski definition) is 1. The van der Waals surface area contributed by atoms with Crippen LogP contribution < -0.4 is 5.73 Å². The highest BCUT2D eigenvalue weighted by atomic mass is 19.1. The maximum Gasteiger partial charge on any atom is 0.191 e. The van der Waals surface area contributed by atoms with E-state index < -0.39 is 0 Å². The van der Waals surface area contributed by atoms with Gasteiger partial charge in [-0.15, -0.1) is 0 Å². The van der Waals surface area contributed by atoms with Crippen molar-refractivity contribution in [2.24, 2.45) is 10.7 Å². The van der Waals surface area contributed by atoms with Crippen molar-refractivity contribution in [2.75, 3.05) is 13.1 Å². The van der Waals surface area contributed by atoms with Crippen LogP contribution in [-0.2, 0) is 6.54 Å². The fourth-order valence-corrected chi connectivity index (χ4v) is 1.99. The molecule has 1 aliphatic heterocycles. The fourth-order valence-electron chi connectivity index (χ4n) is 1.99. The average molecular weight is 235 g/mol. The summed E-state index contributed by atoms with van der Waals surface area (Å²) in [6.07, 6.45) is 3.65. The summed E-state index contributed by atoms with van der Waals surface area (Å²) < 4.78 is 12.7. The molecule has 92 valence electrons. The van der Waals surface area contributed by atoms with Crippen molar-refractivity contribution >= 4 is 5.96 Å². The van der Waals surface area contributed by atoms with Crippen LogP contribution in [0.5, 0.6) is 0 Å². The van der Waals surface area contributed by atoms with Gasteiger partial charge in [-0.1, -0.05) is 12.1 Å². The Morgan fingerprint density at radius 3 is 2.47 bits per heavy atom. The molecule has 0 amide bonds. The molecule has 3 nitrogen and oxygen atoms in total. The predicted molar refractivity (Wildman–Crippen MR) is 67.2 cm³/mol. The third-order valence-electron chi connectivity index (χ3n) is 3.02. The molecule has 17 heavy (non-hydrogen) atoms. The Bertz CT molecular complexity index is 380. The van der Waals surface area contributed by atoms with Crippen LogP contribution in [0.2, 0.25) is 0 Å². The quantitative estimate of drug-likeness (QED) is 0.630. The maximum atomic E-state index is 12.7. The van der Waals surface area contributed by atoms with Gasteiger partial charge in [0.15, 0.2) is 5.96 Å². The first-order valence-corrected chi connectivity index (χ1v) is 6.05. The molecule has 0 radical (unpaired) electrons. The Morgan fingerprint density at radius 1 is 1.18 bits per heavy atom. The summed E-state index contributed by atoms with van der Waals surface area (Å²) in [4.78, 5) is 6.46. The van der Waals surface area contributed by atoms with Gasteiger partial charge in [-0.2, -0.15) is 0 Å². The maximum absolute atomic E-state index is 12.7. The summed E-state index contributed by atoms with van der Waals surface area (Å²) in [5.74, 6) is 0.385. The molecule has 1 aromatic carbocycles. The molecule has 1 aromatic rings. The Kier molecular flexibility index (Phi) is 3.96. The minimum Gasteiger partial charge on any atom is -0.370 e. The number of rotatable bonds is 2. The average Bonchev–Trinajstić information content (AvgIpc) is 2.39. The van der Waals surface area contributed by atoms with E-state index in [-0.39, 0.29) is 5.82 Å². The van der Waals surface area contributed by atoms with Crippen molar-refractivity contribution in [3.8, 4) is 0 Å². The van der Waals surface area contributed by atoms with Crippen LogP contribution in [0.1, 0.15) is 24.8 Å². The van der Waals surface area contributed by atoms with Gasteiger partial charge in [0.25, 0.3) is 0 Å². The summed E-state index contributed by atoms with van der Waals surface area (Å²) in [6, 6.07) is 6.37. The number of nitrogens with two attached hydrogens (primary N) is 1. The molecule has 0 saturated carbocycles. The first-order valence-electron chi connectivity index (χ1n) is 6.05. The van der Waals surface area contributed by atoms with Gasteiger partial charge in [-0.05, 0) is 37.0 Å². The van der Waals surface area contributed by atoms with Gasteiger partial charge in [0.05, 0.1) is 6.54 Å². The van der Waals surface area contributed by atoms with E-state index in [0.717, 1.165) is 18.7 Å². The standard InChI is InChI=1S/C13H18FN3/c14-12-6-4-11(5-7-12)10-16-13(15)17-8-2-1-3-9-17/h4-7H,1-3,8-10H2,(H2,15,16). The Hall–Kier alpha value is -1.58. The Balaban J connectivity index is 1.92. The summed E-state index contributed by atoms with van der Waals surface area (Å²) in [6.45, 7) is 2.51. The minimum absolute atomic E-state index is 0.221. The fraction of sp³-hybridized carbons (Fsp3) is 0.462. The third kappa shape index (κ3) is 3.44. The molecule has 4 heteroatoms. The van der Waals surface area contributed by atoms with Crippen molar-refractivity contribution in [1.82, 2.24) is 4.90 Å². The van der Waals surface area contributed by atoms with E-state index in [1.807, 2.05) is 0 Å². The third-order valence-corrected chi connectivity index (χ3v) is 3.02. The van der Waals surface area contributed by atoms with Crippen molar-refractivity contribution in [3.05, 3.63) is 35.6 Å². The van der Waals surface area contributed by atoms with Gasteiger partial charge in [-0.3, -0.25) is 0 Å². The second kappa shape index (κ2) is 5.66. The molecular formula is C13H18FN3. The van der Waals surface area contributed by atoms with E-state index in [1.54, 1.807) is 12.1 Å². The van der Waals surface area contributed by atoms with Crippen LogP contribution >= 0.6 is 0 Å². The van der Waals surface area contributed by atoms with E-state index in [1.165, 1.54) is 31.4 Å². The molecule has 1 saturated heterocycles. The number of nitrogens with zero attached hydrogens (tertiary/aromatic N) is 2. The highest BCUT2D eigenvalue weighted by molar-refractivity contribution is 5.78. The lowest BCUT2D eigenvalue weighted by Crippen LogP contribution is -2.40.